The highest BCUT2D eigenvalue weighted by atomic mass is 32.2. The van der Waals surface area contributed by atoms with Gasteiger partial charge in [0.15, 0.2) is 11.0 Å². The Morgan fingerprint density at radius 2 is 2.08 bits per heavy atom. The summed E-state index contributed by atoms with van der Waals surface area (Å²) < 4.78 is 13.1. The van der Waals surface area contributed by atoms with E-state index in [0.29, 0.717) is 5.75 Å². The molecule has 1 saturated heterocycles. The number of methoxy groups -OCH3 is 1. The van der Waals surface area contributed by atoms with Crippen LogP contribution in [0.3, 0.4) is 0 Å². The molecule has 2 aromatic rings. The van der Waals surface area contributed by atoms with E-state index in [1.54, 1.807) is 21.0 Å². The number of nitrogens with zero attached hydrogens (tertiary/aromatic N) is 3. The van der Waals surface area contributed by atoms with Crippen molar-refractivity contribution in [2.75, 3.05) is 19.5 Å². The van der Waals surface area contributed by atoms with Crippen molar-refractivity contribution < 1.29 is 14.6 Å². The summed E-state index contributed by atoms with van der Waals surface area (Å²) in [5.74, 6) is 2.18. The van der Waals surface area contributed by atoms with Gasteiger partial charge in [0.05, 0.1) is 25.4 Å². The molecule has 1 aromatic carbocycles. The largest absolute Gasteiger partial charge is 0.497 e. The van der Waals surface area contributed by atoms with Gasteiger partial charge in [-0.05, 0) is 51.0 Å². The minimum absolute atomic E-state index is 0.189. The standard InChI is InChI=1S/C18H25N3O3S/c1-18(2,22)12-25-17-20-19-16(13-6-8-14(23-3)9-7-13)21(17)11-15-5-4-10-24-15/h6-9,15,22H,4-5,10-12H2,1-3H3. The minimum atomic E-state index is -0.758. The zero-order valence-corrected chi connectivity index (χ0v) is 15.8. The third-order valence-corrected chi connectivity index (χ3v) is 5.44. The monoisotopic (exact) mass is 363 g/mol. The van der Waals surface area contributed by atoms with Crippen molar-refractivity contribution >= 4 is 11.8 Å². The number of rotatable bonds is 7. The van der Waals surface area contributed by atoms with Crippen LogP contribution in [-0.4, -0.2) is 51.0 Å². The van der Waals surface area contributed by atoms with Gasteiger partial charge in [-0.3, -0.25) is 4.57 Å². The van der Waals surface area contributed by atoms with Gasteiger partial charge in [0.2, 0.25) is 0 Å². The van der Waals surface area contributed by atoms with Gasteiger partial charge < -0.3 is 14.6 Å². The molecule has 1 aromatic heterocycles. The average molecular weight is 363 g/mol. The van der Waals surface area contributed by atoms with Crippen LogP contribution in [0.1, 0.15) is 26.7 Å². The van der Waals surface area contributed by atoms with E-state index in [1.165, 1.54) is 11.8 Å². The predicted octanol–water partition coefficient (Wildman–Crippen LogP) is 3.00. The quantitative estimate of drug-likeness (QED) is 0.763. The van der Waals surface area contributed by atoms with E-state index in [9.17, 15) is 5.11 Å². The summed E-state index contributed by atoms with van der Waals surface area (Å²) in [7, 11) is 1.65. The fraction of sp³-hybridized carbons (Fsp3) is 0.556. The van der Waals surface area contributed by atoms with Crippen LogP contribution in [0, 0.1) is 0 Å². The Balaban J connectivity index is 1.88. The zero-order chi connectivity index (χ0) is 17.9. The van der Waals surface area contributed by atoms with Crippen molar-refractivity contribution in [3.8, 4) is 17.1 Å². The molecule has 1 atom stereocenters. The van der Waals surface area contributed by atoms with E-state index in [0.717, 1.165) is 48.3 Å². The highest BCUT2D eigenvalue weighted by molar-refractivity contribution is 7.99. The lowest BCUT2D eigenvalue weighted by atomic mass is 10.2. The molecule has 3 rings (SSSR count). The van der Waals surface area contributed by atoms with E-state index in [4.69, 9.17) is 9.47 Å². The Labute approximate surface area is 152 Å². The smallest absolute Gasteiger partial charge is 0.191 e. The van der Waals surface area contributed by atoms with Crippen molar-refractivity contribution in [3.63, 3.8) is 0 Å². The van der Waals surface area contributed by atoms with Crippen LogP contribution >= 0.6 is 11.8 Å². The molecular weight excluding hydrogens is 338 g/mol. The lowest BCUT2D eigenvalue weighted by molar-refractivity contribution is 0.0952. The summed E-state index contributed by atoms with van der Waals surface area (Å²) in [6, 6.07) is 7.81. The van der Waals surface area contributed by atoms with E-state index in [2.05, 4.69) is 14.8 Å². The molecule has 0 radical (unpaired) electrons. The molecule has 2 heterocycles. The Morgan fingerprint density at radius 3 is 2.68 bits per heavy atom. The molecule has 0 spiro atoms. The van der Waals surface area contributed by atoms with Crippen LogP contribution in [0.25, 0.3) is 11.4 Å². The zero-order valence-electron chi connectivity index (χ0n) is 14.9. The molecule has 1 N–H and O–H groups in total. The molecule has 1 fully saturated rings. The third kappa shape index (κ3) is 4.74. The summed E-state index contributed by atoms with van der Waals surface area (Å²) in [5.41, 5.74) is 0.229. The van der Waals surface area contributed by atoms with Crippen LogP contribution in [0.2, 0.25) is 0 Å². The number of hydrogen-bond donors (Lipinski definition) is 1. The lowest BCUT2D eigenvalue weighted by Crippen LogP contribution is -2.22. The highest BCUT2D eigenvalue weighted by Crippen LogP contribution is 2.29. The second-order valence-electron chi connectivity index (χ2n) is 6.88. The van der Waals surface area contributed by atoms with Gasteiger partial charge in [-0.1, -0.05) is 11.8 Å². The Kier molecular flexibility index (Phi) is 5.66. The van der Waals surface area contributed by atoms with Gasteiger partial charge in [0.25, 0.3) is 0 Å². The van der Waals surface area contributed by atoms with Gasteiger partial charge >= 0.3 is 0 Å². The first-order valence-corrected chi connectivity index (χ1v) is 9.49. The summed E-state index contributed by atoms with van der Waals surface area (Å²) in [6.45, 7) is 5.13. The van der Waals surface area contributed by atoms with E-state index < -0.39 is 5.60 Å². The second kappa shape index (κ2) is 7.76. The molecule has 6 nitrogen and oxygen atoms in total. The number of ether oxygens (including phenoxy) is 2. The van der Waals surface area contributed by atoms with Crippen molar-refractivity contribution in [2.24, 2.45) is 0 Å². The van der Waals surface area contributed by atoms with E-state index >= 15 is 0 Å². The average Bonchev–Trinajstić information content (AvgIpc) is 3.23. The summed E-state index contributed by atoms with van der Waals surface area (Å²) in [4.78, 5) is 0. The van der Waals surface area contributed by atoms with E-state index in [1.807, 2.05) is 24.3 Å². The molecule has 0 amide bonds. The normalized spacial score (nSPS) is 17.8. The van der Waals surface area contributed by atoms with Crippen LogP contribution in [-0.2, 0) is 11.3 Å². The maximum Gasteiger partial charge on any atom is 0.191 e. The fourth-order valence-corrected chi connectivity index (χ4v) is 3.64. The molecule has 7 heteroatoms. The molecule has 0 aliphatic carbocycles. The Hall–Kier alpha value is -1.57. The van der Waals surface area contributed by atoms with Crippen molar-refractivity contribution in [2.45, 2.75) is 50.1 Å². The van der Waals surface area contributed by atoms with Crippen LogP contribution in [0.5, 0.6) is 5.75 Å². The molecule has 136 valence electrons. The Morgan fingerprint density at radius 1 is 1.32 bits per heavy atom. The first-order valence-electron chi connectivity index (χ1n) is 8.51. The van der Waals surface area contributed by atoms with Crippen LogP contribution in [0.4, 0.5) is 0 Å². The first kappa shape index (κ1) is 18.2. The topological polar surface area (TPSA) is 69.4 Å². The maximum atomic E-state index is 10.0. The van der Waals surface area contributed by atoms with Crippen LogP contribution < -0.4 is 4.74 Å². The van der Waals surface area contributed by atoms with Gasteiger partial charge in [-0.2, -0.15) is 0 Å². The predicted molar refractivity (Wildman–Crippen MR) is 98.0 cm³/mol. The number of hydrogen-bond acceptors (Lipinski definition) is 6. The molecule has 0 bridgehead atoms. The lowest BCUT2D eigenvalue weighted by Gasteiger charge is -2.18. The summed E-state index contributed by atoms with van der Waals surface area (Å²) in [5, 5.41) is 19.6. The first-order chi connectivity index (χ1) is 12.0. The van der Waals surface area contributed by atoms with Crippen molar-refractivity contribution in [1.29, 1.82) is 0 Å². The van der Waals surface area contributed by atoms with Gasteiger partial charge in [0, 0.05) is 17.9 Å². The number of benzene rings is 1. The van der Waals surface area contributed by atoms with Gasteiger partial charge in [-0.25, -0.2) is 0 Å². The summed E-state index contributed by atoms with van der Waals surface area (Å²) >= 11 is 1.52. The molecule has 0 saturated carbocycles. The van der Waals surface area contributed by atoms with Crippen molar-refractivity contribution in [1.82, 2.24) is 14.8 Å². The summed E-state index contributed by atoms with van der Waals surface area (Å²) in [6.07, 6.45) is 2.33. The van der Waals surface area contributed by atoms with E-state index in [-0.39, 0.29) is 6.10 Å². The van der Waals surface area contributed by atoms with Crippen molar-refractivity contribution in [3.05, 3.63) is 24.3 Å². The maximum absolute atomic E-state index is 10.0. The Bertz CT molecular complexity index is 689. The third-order valence-electron chi connectivity index (χ3n) is 4.03. The number of aromatic nitrogens is 3. The number of thioether (sulfide) groups is 1. The fourth-order valence-electron chi connectivity index (χ4n) is 2.75. The minimum Gasteiger partial charge on any atom is -0.497 e. The molecule has 1 aliphatic heterocycles. The molecule has 1 unspecified atom stereocenters. The molecular formula is C18H25N3O3S. The molecule has 1 aliphatic rings. The second-order valence-corrected chi connectivity index (χ2v) is 7.82. The van der Waals surface area contributed by atoms with Gasteiger partial charge in [0.1, 0.15) is 5.75 Å². The number of aliphatic hydroxyl groups is 1. The highest BCUT2D eigenvalue weighted by Gasteiger charge is 2.23. The SMILES string of the molecule is COc1ccc(-c2nnc(SCC(C)(C)O)n2CC2CCCO2)cc1. The van der Waals surface area contributed by atoms with Gasteiger partial charge in [-0.15, -0.1) is 10.2 Å². The van der Waals surface area contributed by atoms with Crippen LogP contribution in [0.15, 0.2) is 29.4 Å². The molecule has 25 heavy (non-hydrogen) atoms.